The summed E-state index contributed by atoms with van der Waals surface area (Å²) >= 11 is 0. The fourth-order valence-electron chi connectivity index (χ4n) is 1.95. The molecule has 0 aliphatic carbocycles. The molecule has 4 heteroatoms. The Bertz CT molecular complexity index is 586. The molecule has 2 rings (SSSR count). The fourth-order valence-corrected chi connectivity index (χ4v) is 1.95. The van der Waals surface area contributed by atoms with Gasteiger partial charge in [-0.2, -0.15) is 0 Å². The van der Waals surface area contributed by atoms with Gasteiger partial charge in [-0.1, -0.05) is 0 Å². The van der Waals surface area contributed by atoms with E-state index in [1.807, 2.05) is 44.2 Å². The van der Waals surface area contributed by atoms with Gasteiger partial charge in [0.05, 0.1) is 6.61 Å². The second-order valence-electron chi connectivity index (χ2n) is 4.54. The van der Waals surface area contributed by atoms with Crippen molar-refractivity contribution in [1.82, 2.24) is 0 Å². The zero-order valence-corrected chi connectivity index (χ0v) is 11.6. The molecule has 2 aromatic rings. The van der Waals surface area contributed by atoms with Crippen LogP contribution >= 0.6 is 0 Å². The summed E-state index contributed by atoms with van der Waals surface area (Å²) in [4.78, 5) is 12.1. The molecule has 2 aromatic carbocycles. The van der Waals surface area contributed by atoms with E-state index in [-0.39, 0.29) is 5.91 Å². The number of hydrogen-bond acceptors (Lipinski definition) is 3. The van der Waals surface area contributed by atoms with E-state index in [1.165, 1.54) is 0 Å². The topological polar surface area (TPSA) is 64.3 Å². The van der Waals surface area contributed by atoms with Gasteiger partial charge in [0.25, 0.3) is 5.91 Å². The summed E-state index contributed by atoms with van der Waals surface area (Å²) in [6.45, 7) is 4.45. The van der Waals surface area contributed by atoms with E-state index < -0.39 is 0 Å². The highest BCUT2D eigenvalue weighted by Gasteiger charge is 2.07. The Kier molecular flexibility index (Phi) is 4.25. The number of benzene rings is 2. The minimum Gasteiger partial charge on any atom is -0.494 e. The molecule has 0 radical (unpaired) electrons. The number of nitrogens with two attached hydrogens (primary N) is 1. The number of anilines is 2. The monoisotopic (exact) mass is 270 g/mol. The number of carbonyl (C=O) groups excluding carboxylic acids is 1. The molecule has 0 aliphatic rings. The van der Waals surface area contributed by atoms with Crippen LogP contribution in [0.15, 0.2) is 42.5 Å². The van der Waals surface area contributed by atoms with Crippen LogP contribution in [0.4, 0.5) is 11.4 Å². The lowest BCUT2D eigenvalue weighted by Gasteiger charge is -2.08. The fraction of sp³-hybridized carbons (Fsp3) is 0.188. The first-order chi connectivity index (χ1) is 9.58. The smallest absolute Gasteiger partial charge is 0.255 e. The predicted molar refractivity (Wildman–Crippen MR) is 81.2 cm³/mol. The molecule has 0 heterocycles. The summed E-state index contributed by atoms with van der Waals surface area (Å²) in [5.41, 5.74) is 8.57. The van der Waals surface area contributed by atoms with Crippen molar-refractivity contribution in [2.45, 2.75) is 13.8 Å². The van der Waals surface area contributed by atoms with E-state index in [1.54, 1.807) is 12.1 Å². The van der Waals surface area contributed by atoms with Crippen molar-refractivity contribution < 1.29 is 9.53 Å². The van der Waals surface area contributed by atoms with Crippen LogP contribution in [-0.2, 0) is 0 Å². The number of carbonyl (C=O) groups is 1. The maximum absolute atomic E-state index is 12.1. The molecular formula is C16H18N2O2. The largest absolute Gasteiger partial charge is 0.494 e. The van der Waals surface area contributed by atoms with Gasteiger partial charge in [0.2, 0.25) is 0 Å². The lowest BCUT2D eigenvalue weighted by Crippen LogP contribution is -2.12. The molecule has 20 heavy (non-hydrogen) atoms. The quantitative estimate of drug-likeness (QED) is 0.838. The van der Waals surface area contributed by atoms with Gasteiger partial charge < -0.3 is 15.8 Å². The Hall–Kier alpha value is -2.49. The average molecular weight is 270 g/mol. The van der Waals surface area contributed by atoms with Crippen LogP contribution in [0.3, 0.4) is 0 Å². The standard InChI is InChI=1S/C16H18N2O2/c1-3-20-15-6-4-14(5-7-15)18-16(19)12-8-11(2)9-13(17)10-12/h4-10H,3,17H2,1-2H3,(H,18,19). The zero-order valence-electron chi connectivity index (χ0n) is 11.6. The predicted octanol–water partition coefficient (Wildman–Crippen LogP) is 3.23. The number of aryl methyl sites for hydroxylation is 1. The zero-order chi connectivity index (χ0) is 14.5. The van der Waals surface area contributed by atoms with Gasteiger partial charge in [-0.3, -0.25) is 4.79 Å². The number of rotatable bonds is 4. The summed E-state index contributed by atoms with van der Waals surface area (Å²) in [5.74, 6) is 0.606. The summed E-state index contributed by atoms with van der Waals surface area (Å²) in [5, 5.41) is 2.83. The Labute approximate surface area is 118 Å². The average Bonchev–Trinajstić information content (AvgIpc) is 2.40. The van der Waals surface area contributed by atoms with Crippen LogP contribution in [0.5, 0.6) is 5.75 Å². The van der Waals surface area contributed by atoms with Crippen molar-refractivity contribution in [1.29, 1.82) is 0 Å². The van der Waals surface area contributed by atoms with Gasteiger partial charge in [0.1, 0.15) is 5.75 Å². The highest BCUT2D eigenvalue weighted by Crippen LogP contribution is 2.17. The second-order valence-corrected chi connectivity index (χ2v) is 4.54. The highest BCUT2D eigenvalue weighted by molar-refractivity contribution is 6.04. The Balaban J connectivity index is 2.10. The second kappa shape index (κ2) is 6.10. The summed E-state index contributed by atoms with van der Waals surface area (Å²) in [7, 11) is 0. The maximum Gasteiger partial charge on any atom is 0.255 e. The van der Waals surface area contributed by atoms with Gasteiger partial charge in [0, 0.05) is 16.9 Å². The molecule has 0 fully saturated rings. The van der Waals surface area contributed by atoms with E-state index in [0.29, 0.717) is 17.9 Å². The van der Waals surface area contributed by atoms with Crippen LogP contribution in [0.1, 0.15) is 22.8 Å². The first kappa shape index (κ1) is 13.9. The molecule has 4 nitrogen and oxygen atoms in total. The van der Waals surface area contributed by atoms with Crippen LogP contribution in [0.25, 0.3) is 0 Å². The molecular weight excluding hydrogens is 252 g/mol. The summed E-state index contributed by atoms with van der Waals surface area (Å²) in [6.07, 6.45) is 0. The normalized spacial score (nSPS) is 10.1. The van der Waals surface area contributed by atoms with E-state index in [2.05, 4.69) is 5.32 Å². The van der Waals surface area contributed by atoms with E-state index in [9.17, 15) is 4.79 Å². The number of amides is 1. The third kappa shape index (κ3) is 3.51. The Morgan fingerprint density at radius 2 is 1.90 bits per heavy atom. The molecule has 0 spiro atoms. The SMILES string of the molecule is CCOc1ccc(NC(=O)c2cc(C)cc(N)c2)cc1. The van der Waals surface area contributed by atoms with Gasteiger partial charge in [-0.05, 0) is 61.9 Å². The summed E-state index contributed by atoms with van der Waals surface area (Å²) in [6, 6.07) is 12.6. The van der Waals surface area contributed by atoms with Crippen molar-refractivity contribution in [3.05, 3.63) is 53.6 Å². The summed E-state index contributed by atoms with van der Waals surface area (Å²) < 4.78 is 5.35. The molecule has 1 amide bonds. The molecule has 0 aliphatic heterocycles. The number of nitrogens with one attached hydrogen (secondary N) is 1. The number of nitrogen functional groups attached to an aromatic ring is 1. The van der Waals surface area contributed by atoms with Crippen molar-refractivity contribution in [3.8, 4) is 5.75 Å². The maximum atomic E-state index is 12.1. The van der Waals surface area contributed by atoms with Crippen LogP contribution in [0.2, 0.25) is 0 Å². The third-order valence-corrected chi connectivity index (χ3v) is 2.79. The van der Waals surface area contributed by atoms with Crippen molar-refractivity contribution in [3.63, 3.8) is 0 Å². The van der Waals surface area contributed by atoms with Crippen LogP contribution < -0.4 is 15.8 Å². The van der Waals surface area contributed by atoms with Crippen molar-refractivity contribution in [2.24, 2.45) is 0 Å². The van der Waals surface area contributed by atoms with Crippen LogP contribution in [-0.4, -0.2) is 12.5 Å². The molecule has 0 saturated heterocycles. The molecule has 0 aromatic heterocycles. The Morgan fingerprint density at radius 3 is 2.50 bits per heavy atom. The van der Waals surface area contributed by atoms with Crippen molar-refractivity contribution in [2.75, 3.05) is 17.7 Å². The molecule has 3 N–H and O–H groups in total. The van der Waals surface area contributed by atoms with E-state index in [0.717, 1.165) is 17.0 Å². The van der Waals surface area contributed by atoms with Crippen LogP contribution in [0, 0.1) is 6.92 Å². The minimum atomic E-state index is -0.176. The van der Waals surface area contributed by atoms with Crippen molar-refractivity contribution >= 4 is 17.3 Å². The Morgan fingerprint density at radius 1 is 1.20 bits per heavy atom. The van der Waals surface area contributed by atoms with Gasteiger partial charge in [-0.25, -0.2) is 0 Å². The van der Waals surface area contributed by atoms with Gasteiger partial charge >= 0.3 is 0 Å². The molecule has 104 valence electrons. The first-order valence-corrected chi connectivity index (χ1v) is 6.50. The van der Waals surface area contributed by atoms with Gasteiger partial charge in [0.15, 0.2) is 0 Å². The molecule has 0 unspecified atom stereocenters. The van der Waals surface area contributed by atoms with E-state index in [4.69, 9.17) is 10.5 Å². The number of ether oxygens (including phenoxy) is 1. The lowest BCUT2D eigenvalue weighted by atomic mass is 10.1. The first-order valence-electron chi connectivity index (χ1n) is 6.50. The molecule has 0 saturated carbocycles. The van der Waals surface area contributed by atoms with E-state index >= 15 is 0 Å². The highest BCUT2D eigenvalue weighted by atomic mass is 16.5. The molecule has 0 atom stereocenters. The minimum absolute atomic E-state index is 0.176. The molecule has 0 bridgehead atoms. The van der Waals surface area contributed by atoms with Gasteiger partial charge in [-0.15, -0.1) is 0 Å². The number of hydrogen-bond donors (Lipinski definition) is 2. The third-order valence-electron chi connectivity index (χ3n) is 2.79. The lowest BCUT2D eigenvalue weighted by molar-refractivity contribution is 0.102.